The van der Waals surface area contributed by atoms with Gasteiger partial charge >= 0.3 is 5.97 Å². The molecule has 0 aromatic rings. The number of rotatable bonds is 1. The fraction of sp³-hybridized carbons (Fsp3) is 0.125. The second kappa shape index (κ2) is 3.08. The number of aliphatic carboxylic acids is 1. The molecule has 0 spiro atoms. The Kier molecular flexibility index (Phi) is 1.90. The standard InChI is InChI=1S/C8H7N3O3/c12-7-6(8(13)14)10-9-5-3-1-2-4-11(5)7/h1-4,7,12H,(H,13,14)/t7-/m1/s1. The van der Waals surface area contributed by atoms with Gasteiger partial charge in [0.2, 0.25) is 0 Å². The number of nitrogens with zero attached hydrogens (tertiary/aromatic N) is 3. The largest absolute Gasteiger partial charge is 0.477 e. The van der Waals surface area contributed by atoms with Crippen molar-refractivity contribution in [1.82, 2.24) is 4.90 Å². The summed E-state index contributed by atoms with van der Waals surface area (Å²) in [7, 11) is 0. The molecule has 1 atom stereocenters. The van der Waals surface area contributed by atoms with Crippen molar-refractivity contribution in [3.8, 4) is 0 Å². The fourth-order valence-corrected chi connectivity index (χ4v) is 1.18. The molecule has 0 aromatic carbocycles. The van der Waals surface area contributed by atoms with Crippen molar-refractivity contribution in [3.05, 3.63) is 24.4 Å². The molecule has 0 aromatic heterocycles. The number of fused-ring (bicyclic) bond motifs is 1. The summed E-state index contributed by atoms with van der Waals surface area (Å²) in [6.07, 6.45) is 5.30. The molecule has 0 aliphatic carbocycles. The summed E-state index contributed by atoms with van der Waals surface area (Å²) in [6.45, 7) is 0. The van der Waals surface area contributed by atoms with Crippen molar-refractivity contribution in [2.45, 2.75) is 6.23 Å². The zero-order chi connectivity index (χ0) is 10.1. The van der Waals surface area contributed by atoms with Gasteiger partial charge in [0.05, 0.1) is 0 Å². The van der Waals surface area contributed by atoms with E-state index in [1.165, 1.54) is 4.90 Å². The lowest BCUT2D eigenvalue weighted by Crippen LogP contribution is -2.46. The summed E-state index contributed by atoms with van der Waals surface area (Å²) < 4.78 is 0. The van der Waals surface area contributed by atoms with Crippen LogP contribution < -0.4 is 0 Å². The van der Waals surface area contributed by atoms with E-state index in [0.717, 1.165) is 0 Å². The van der Waals surface area contributed by atoms with Crippen LogP contribution in [0.1, 0.15) is 0 Å². The molecule has 0 bridgehead atoms. The highest BCUT2D eigenvalue weighted by molar-refractivity contribution is 6.38. The Hall–Kier alpha value is -1.95. The Morgan fingerprint density at radius 2 is 2.21 bits per heavy atom. The fourth-order valence-electron chi connectivity index (χ4n) is 1.18. The van der Waals surface area contributed by atoms with E-state index in [1.54, 1.807) is 24.4 Å². The van der Waals surface area contributed by atoms with E-state index in [9.17, 15) is 9.90 Å². The van der Waals surface area contributed by atoms with Crippen molar-refractivity contribution in [2.75, 3.05) is 0 Å². The minimum absolute atomic E-state index is 0.381. The number of allylic oxidation sites excluding steroid dienone is 2. The number of aliphatic hydroxyl groups is 1. The summed E-state index contributed by atoms with van der Waals surface area (Å²) in [5.41, 5.74) is -0.381. The first-order valence-electron chi connectivity index (χ1n) is 3.90. The van der Waals surface area contributed by atoms with Gasteiger partial charge in [-0.15, -0.1) is 10.2 Å². The van der Waals surface area contributed by atoms with Crippen LogP contribution in [0.2, 0.25) is 0 Å². The second-order valence-electron chi connectivity index (χ2n) is 2.73. The Morgan fingerprint density at radius 3 is 2.93 bits per heavy atom. The van der Waals surface area contributed by atoms with E-state index in [-0.39, 0.29) is 5.71 Å². The van der Waals surface area contributed by atoms with Gasteiger partial charge < -0.3 is 10.2 Å². The molecule has 0 saturated carbocycles. The first-order valence-corrected chi connectivity index (χ1v) is 3.90. The third-order valence-corrected chi connectivity index (χ3v) is 1.85. The van der Waals surface area contributed by atoms with E-state index in [0.29, 0.717) is 5.84 Å². The summed E-state index contributed by atoms with van der Waals surface area (Å²) in [4.78, 5) is 11.9. The average molecular weight is 193 g/mol. The molecule has 0 unspecified atom stereocenters. The molecule has 0 amide bonds. The zero-order valence-electron chi connectivity index (χ0n) is 7.03. The smallest absolute Gasteiger partial charge is 0.356 e. The molecule has 2 aliphatic heterocycles. The van der Waals surface area contributed by atoms with Crippen molar-refractivity contribution in [3.63, 3.8) is 0 Å². The quantitative estimate of drug-likeness (QED) is 0.590. The molecule has 2 N–H and O–H groups in total. The highest BCUT2D eigenvalue weighted by atomic mass is 16.4. The van der Waals surface area contributed by atoms with Crippen LogP contribution in [0.25, 0.3) is 0 Å². The maximum atomic E-state index is 10.6. The molecule has 6 heteroatoms. The molecule has 72 valence electrons. The van der Waals surface area contributed by atoms with Gasteiger partial charge in [0, 0.05) is 6.20 Å². The van der Waals surface area contributed by atoms with Crippen molar-refractivity contribution >= 4 is 17.5 Å². The molecule has 0 radical (unpaired) electrons. The predicted molar refractivity (Wildman–Crippen MR) is 48.6 cm³/mol. The van der Waals surface area contributed by atoms with Crippen molar-refractivity contribution < 1.29 is 15.0 Å². The van der Waals surface area contributed by atoms with Gasteiger partial charge in [-0.05, 0) is 12.2 Å². The predicted octanol–water partition coefficient (Wildman–Crippen LogP) is -0.457. The van der Waals surface area contributed by atoms with E-state index in [1.807, 2.05) is 0 Å². The molecule has 6 nitrogen and oxygen atoms in total. The van der Waals surface area contributed by atoms with Crippen LogP contribution in [0.5, 0.6) is 0 Å². The summed E-state index contributed by atoms with van der Waals surface area (Å²) in [5, 5.41) is 25.3. The zero-order valence-corrected chi connectivity index (χ0v) is 7.03. The van der Waals surface area contributed by atoms with Gasteiger partial charge in [-0.2, -0.15) is 0 Å². The number of aliphatic hydroxyl groups excluding tert-OH is 1. The van der Waals surface area contributed by atoms with Gasteiger partial charge in [-0.1, -0.05) is 6.08 Å². The molecular formula is C8H7N3O3. The Labute approximate surface area is 79.2 Å². The number of hydrogen-bond acceptors (Lipinski definition) is 5. The maximum absolute atomic E-state index is 10.6. The third kappa shape index (κ3) is 1.21. The topological polar surface area (TPSA) is 85.5 Å². The lowest BCUT2D eigenvalue weighted by molar-refractivity contribution is -0.130. The van der Waals surface area contributed by atoms with Crippen LogP contribution in [0.3, 0.4) is 0 Å². The van der Waals surface area contributed by atoms with Crippen molar-refractivity contribution in [1.29, 1.82) is 0 Å². The van der Waals surface area contributed by atoms with Crippen LogP contribution in [0.4, 0.5) is 0 Å². The highest BCUT2D eigenvalue weighted by Crippen LogP contribution is 2.12. The van der Waals surface area contributed by atoms with Gasteiger partial charge in [-0.3, -0.25) is 4.90 Å². The van der Waals surface area contributed by atoms with Gasteiger partial charge in [0.1, 0.15) is 0 Å². The van der Waals surface area contributed by atoms with Crippen LogP contribution in [0.15, 0.2) is 34.6 Å². The highest BCUT2D eigenvalue weighted by Gasteiger charge is 2.30. The van der Waals surface area contributed by atoms with E-state index < -0.39 is 12.2 Å². The Morgan fingerprint density at radius 1 is 1.43 bits per heavy atom. The number of hydrogen-bond donors (Lipinski definition) is 2. The normalized spacial score (nSPS) is 24.1. The third-order valence-electron chi connectivity index (χ3n) is 1.85. The van der Waals surface area contributed by atoms with Crippen LogP contribution in [-0.2, 0) is 4.79 Å². The van der Waals surface area contributed by atoms with Crippen LogP contribution in [-0.4, -0.2) is 38.9 Å². The molecule has 2 rings (SSSR count). The molecule has 2 aliphatic rings. The maximum Gasteiger partial charge on any atom is 0.356 e. The minimum Gasteiger partial charge on any atom is -0.477 e. The first kappa shape index (κ1) is 8.64. The summed E-state index contributed by atoms with van der Waals surface area (Å²) >= 11 is 0. The monoisotopic (exact) mass is 193 g/mol. The van der Waals surface area contributed by atoms with E-state index in [4.69, 9.17) is 5.11 Å². The summed E-state index contributed by atoms with van der Waals surface area (Å²) in [5.74, 6) is -0.853. The lowest BCUT2D eigenvalue weighted by atomic mass is 10.2. The van der Waals surface area contributed by atoms with E-state index in [2.05, 4.69) is 10.2 Å². The SMILES string of the molecule is O=C(O)C1=NN=C2C=CC=CN2[C@@H]1O. The van der Waals surface area contributed by atoms with Gasteiger partial charge in [-0.25, -0.2) is 4.79 Å². The first-order chi connectivity index (χ1) is 6.70. The summed E-state index contributed by atoms with van der Waals surface area (Å²) in [6, 6.07) is 0. The van der Waals surface area contributed by atoms with Crippen molar-refractivity contribution in [2.24, 2.45) is 10.2 Å². The molecule has 2 heterocycles. The van der Waals surface area contributed by atoms with Crippen LogP contribution >= 0.6 is 0 Å². The Bertz CT molecular complexity index is 395. The van der Waals surface area contributed by atoms with Crippen LogP contribution in [0, 0.1) is 0 Å². The number of carboxylic acid groups (broad SMARTS) is 1. The average Bonchev–Trinajstić information content (AvgIpc) is 2.18. The second-order valence-corrected chi connectivity index (χ2v) is 2.73. The van der Waals surface area contributed by atoms with Gasteiger partial charge in [0.25, 0.3) is 0 Å². The lowest BCUT2D eigenvalue weighted by Gasteiger charge is -2.28. The molecule has 0 fully saturated rings. The molecular weight excluding hydrogens is 186 g/mol. The van der Waals surface area contributed by atoms with E-state index >= 15 is 0 Å². The number of carbonyl (C=O) groups is 1. The molecule has 14 heavy (non-hydrogen) atoms. The minimum atomic E-state index is -1.28. The molecule has 0 saturated heterocycles. The number of carboxylic acids is 1. The number of amidine groups is 1. The Balaban J connectivity index is 2.39. The van der Waals surface area contributed by atoms with Gasteiger partial charge in [0.15, 0.2) is 17.8 Å².